The van der Waals surface area contributed by atoms with Gasteiger partial charge in [-0.25, -0.2) is 4.98 Å². The molecule has 7 nitrogen and oxygen atoms in total. The lowest BCUT2D eigenvalue weighted by Gasteiger charge is -2.35. The summed E-state index contributed by atoms with van der Waals surface area (Å²) in [4.78, 5) is 23.7. The second-order valence-corrected chi connectivity index (χ2v) is 6.75. The first-order valence-corrected chi connectivity index (χ1v) is 8.94. The summed E-state index contributed by atoms with van der Waals surface area (Å²) in [5.74, 6) is 1.06. The molecule has 0 bridgehead atoms. The van der Waals surface area contributed by atoms with Crippen molar-refractivity contribution in [2.75, 3.05) is 49.1 Å². The van der Waals surface area contributed by atoms with Gasteiger partial charge in [-0.1, -0.05) is 0 Å². The standard InChI is InChI=1S/C18H24N6O/c1-21-14-16(13-20-21)22-8-10-24(11-9-22)18(25)15-4-5-17(19-12-15)23-6-2-3-7-23/h4-5,12-14H,2-3,6-11H2,1H3. The Morgan fingerprint density at radius 1 is 0.960 bits per heavy atom. The van der Waals surface area contributed by atoms with E-state index in [1.54, 1.807) is 10.9 Å². The summed E-state index contributed by atoms with van der Waals surface area (Å²) in [7, 11) is 1.92. The molecule has 2 aliphatic heterocycles. The summed E-state index contributed by atoms with van der Waals surface area (Å²) < 4.78 is 1.81. The molecule has 2 aromatic rings. The minimum absolute atomic E-state index is 0.0753. The first-order chi connectivity index (χ1) is 12.2. The van der Waals surface area contributed by atoms with E-state index in [0.29, 0.717) is 5.56 Å². The zero-order valence-electron chi connectivity index (χ0n) is 14.6. The predicted octanol–water partition coefficient (Wildman–Crippen LogP) is 1.38. The molecule has 0 aliphatic carbocycles. The average Bonchev–Trinajstić information content (AvgIpc) is 3.33. The van der Waals surface area contributed by atoms with Crippen LogP contribution in [-0.2, 0) is 7.05 Å². The van der Waals surface area contributed by atoms with E-state index in [1.807, 2.05) is 36.5 Å². The molecule has 0 N–H and O–H groups in total. The third kappa shape index (κ3) is 3.31. The maximum Gasteiger partial charge on any atom is 0.255 e. The van der Waals surface area contributed by atoms with Crippen LogP contribution >= 0.6 is 0 Å². The minimum Gasteiger partial charge on any atom is -0.365 e. The molecule has 0 atom stereocenters. The SMILES string of the molecule is Cn1cc(N2CCN(C(=O)c3ccc(N4CCCC4)nc3)CC2)cn1. The Kier molecular flexibility index (Phi) is 4.29. The molecule has 25 heavy (non-hydrogen) atoms. The molecule has 0 unspecified atom stereocenters. The molecular formula is C18H24N6O. The van der Waals surface area contributed by atoms with Crippen molar-refractivity contribution < 1.29 is 4.79 Å². The molecule has 132 valence electrons. The van der Waals surface area contributed by atoms with Crippen LogP contribution in [0.5, 0.6) is 0 Å². The Morgan fingerprint density at radius 2 is 1.72 bits per heavy atom. The van der Waals surface area contributed by atoms with Crippen molar-refractivity contribution in [2.45, 2.75) is 12.8 Å². The van der Waals surface area contributed by atoms with E-state index in [1.165, 1.54) is 12.8 Å². The Hall–Kier alpha value is -2.57. The number of aromatic nitrogens is 3. The highest BCUT2D eigenvalue weighted by atomic mass is 16.2. The predicted molar refractivity (Wildman–Crippen MR) is 97.0 cm³/mol. The lowest BCUT2D eigenvalue weighted by atomic mass is 10.2. The van der Waals surface area contributed by atoms with Crippen molar-refractivity contribution >= 4 is 17.4 Å². The number of piperazine rings is 1. The van der Waals surface area contributed by atoms with Crippen LogP contribution in [0.3, 0.4) is 0 Å². The third-order valence-corrected chi connectivity index (χ3v) is 5.05. The average molecular weight is 340 g/mol. The molecule has 2 fully saturated rings. The van der Waals surface area contributed by atoms with Gasteiger partial charge in [-0.3, -0.25) is 9.48 Å². The van der Waals surface area contributed by atoms with Crippen LogP contribution in [0.2, 0.25) is 0 Å². The molecule has 4 rings (SSSR count). The number of amides is 1. The maximum absolute atomic E-state index is 12.7. The Bertz CT molecular complexity index is 726. The first-order valence-electron chi connectivity index (χ1n) is 8.94. The van der Waals surface area contributed by atoms with Crippen molar-refractivity contribution in [1.82, 2.24) is 19.7 Å². The number of anilines is 2. The van der Waals surface area contributed by atoms with Crippen molar-refractivity contribution in [1.29, 1.82) is 0 Å². The van der Waals surface area contributed by atoms with E-state index in [9.17, 15) is 4.79 Å². The van der Waals surface area contributed by atoms with Gasteiger partial charge in [0.2, 0.25) is 0 Å². The molecule has 7 heteroatoms. The number of rotatable bonds is 3. The zero-order chi connectivity index (χ0) is 17.2. The summed E-state index contributed by atoms with van der Waals surface area (Å²) in [5.41, 5.74) is 1.80. The van der Waals surface area contributed by atoms with Crippen molar-refractivity contribution in [3.8, 4) is 0 Å². The van der Waals surface area contributed by atoms with Crippen LogP contribution in [0.15, 0.2) is 30.7 Å². The fraction of sp³-hybridized carbons (Fsp3) is 0.500. The summed E-state index contributed by atoms with van der Waals surface area (Å²) >= 11 is 0. The summed E-state index contributed by atoms with van der Waals surface area (Å²) in [6.45, 7) is 5.24. The third-order valence-electron chi connectivity index (χ3n) is 5.05. The van der Waals surface area contributed by atoms with E-state index in [0.717, 1.165) is 50.8 Å². The van der Waals surface area contributed by atoms with Gasteiger partial charge >= 0.3 is 0 Å². The molecule has 0 aromatic carbocycles. The van der Waals surface area contributed by atoms with Gasteiger partial charge in [0.05, 0.1) is 17.4 Å². The maximum atomic E-state index is 12.7. The number of aryl methyl sites for hydroxylation is 1. The van der Waals surface area contributed by atoms with E-state index >= 15 is 0 Å². The van der Waals surface area contributed by atoms with E-state index < -0.39 is 0 Å². The summed E-state index contributed by atoms with van der Waals surface area (Å²) in [6, 6.07) is 3.89. The van der Waals surface area contributed by atoms with Crippen LogP contribution in [-0.4, -0.2) is 64.8 Å². The fourth-order valence-corrected chi connectivity index (χ4v) is 3.57. The van der Waals surface area contributed by atoms with E-state index in [-0.39, 0.29) is 5.91 Å². The van der Waals surface area contributed by atoms with Crippen LogP contribution in [0, 0.1) is 0 Å². The van der Waals surface area contributed by atoms with Crippen LogP contribution in [0.1, 0.15) is 23.2 Å². The van der Waals surface area contributed by atoms with E-state index in [2.05, 4.69) is 19.9 Å². The first kappa shape index (κ1) is 15.9. The van der Waals surface area contributed by atoms with Crippen LogP contribution in [0.4, 0.5) is 11.5 Å². The largest absolute Gasteiger partial charge is 0.365 e. The highest BCUT2D eigenvalue weighted by Crippen LogP contribution is 2.19. The molecule has 0 spiro atoms. The smallest absolute Gasteiger partial charge is 0.255 e. The monoisotopic (exact) mass is 340 g/mol. The number of hydrogen-bond donors (Lipinski definition) is 0. The van der Waals surface area contributed by atoms with Gasteiger partial charge < -0.3 is 14.7 Å². The number of nitrogens with zero attached hydrogens (tertiary/aromatic N) is 6. The van der Waals surface area contributed by atoms with Gasteiger partial charge in [0, 0.05) is 58.7 Å². The molecule has 2 saturated heterocycles. The molecular weight excluding hydrogens is 316 g/mol. The van der Waals surface area contributed by atoms with Gasteiger partial charge in [0.15, 0.2) is 0 Å². The van der Waals surface area contributed by atoms with Crippen LogP contribution in [0.25, 0.3) is 0 Å². The van der Waals surface area contributed by atoms with Gasteiger partial charge in [0.25, 0.3) is 5.91 Å². The van der Waals surface area contributed by atoms with Gasteiger partial charge in [-0.2, -0.15) is 5.10 Å². The minimum atomic E-state index is 0.0753. The van der Waals surface area contributed by atoms with E-state index in [4.69, 9.17) is 0 Å². The number of carbonyl (C=O) groups excluding carboxylic acids is 1. The molecule has 0 saturated carbocycles. The molecule has 0 radical (unpaired) electrons. The Labute approximate surface area is 147 Å². The topological polar surface area (TPSA) is 57.5 Å². The van der Waals surface area contributed by atoms with Crippen molar-refractivity contribution in [3.63, 3.8) is 0 Å². The Balaban J connectivity index is 1.37. The lowest BCUT2D eigenvalue weighted by Crippen LogP contribution is -2.48. The summed E-state index contributed by atoms with van der Waals surface area (Å²) in [5, 5.41) is 4.22. The quantitative estimate of drug-likeness (QED) is 0.845. The molecule has 1 amide bonds. The van der Waals surface area contributed by atoms with Crippen molar-refractivity contribution in [3.05, 3.63) is 36.3 Å². The molecule has 2 aromatic heterocycles. The van der Waals surface area contributed by atoms with Crippen LogP contribution < -0.4 is 9.80 Å². The highest BCUT2D eigenvalue weighted by Gasteiger charge is 2.23. The van der Waals surface area contributed by atoms with Gasteiger partial charge in [0.1, 0.15) is 5.82 Å². The molecule has 2 aliphatic rings. The van der Waals surface area contributed by atoms with Gasteiger partial charge in [-0.05, 0) is 25.0 Å². The highest BCUT2D eigenvalue weighted by molar-refractivity contribution is 5.94. The summed E-state index contributed by atoms with van der Waals surface area (Å²) in [6.07, 6.45) is 8.06. The lowest BCUT2D eigenvalue weighted by molar-refractivity contribution is 0.0746. The van der Waals surface area contributed by atoms with Gasteiger partial charge in [-0.15, -0.1) is 0 Å². The second kappa shape index (κ2) is 6.74. The number of pyridine rings is 1. The zero-order valence-corrected chi connectivity index (χ0v) is 14.6. The number of carbonyl (C=O) groups is 1. The second-order valence-electron chi connectivity index (χ2n) is 6.75. The fourth-order valence-electron chi connectivity index (χ4n) is 3.57. The molecule has 4 heterocycles. The number of hydrogen-bond acceptors (Lipinski definition) is 5. The Morgan fingerprint density at radius 3 is 2.32 bits per heavy atom. The normalized spacial score (nSPS) is 18.0. The van der Waals surface area contributed by atoms with Crippen molar-refractivity contribution in [2.24, 2.45) is 7.05 Å².